The van der Waals surface area contributed by atoms with E-state index in [1.54, 1.807) is 5.38 Å². The van der Waals surface area contributed by atoms with E-state index in [0.717, 1.165) is 12.8 Å². The van der Waals surface area contributed by atoms with Crippen molar-refractivity contribution >= 4 is 28.3 Å². The van der Waals surface area contributed by atoms with Gasteiger partial charge in [-0.15, -0.1) is 11.3 Å². The van der Waals surface area contributed by atoms with Crippen molar-refractivity contribution < 1.29 is 9.59 Å². The third kappa shape index (κ3) is 4.80. The van der Waals surface area contributed by atoms with Crippen molar-refractivity contribution in [1.82, 2.24) is 10.3 Å². The number of nitrogens with one attached hydrogen (secondary N) is 2. The van der Waals surface area contributed by atoms with Crippen LogP contribution in [-0.2, 0) is 4.79 Å². The zero-order valence-electron chi connectivity index (χ0n) is 10.4. The van der Waals surface area contributed by atoms with E-state index in [-0.39, 0.29) is 11.8 Å². The van der Waals surface area contributed by atoms with Gasteiger partial charge in [0.05, 0.1) is 0 Å². The third-order valence-corrected chi connectivity index (χ3v) is 2.93. The number of unbranched alkanes of at least 4 members (excludes halogenated alkanes) is 1. The Morgan fingerprint density at radius 3 is 2.94 bits per heavy atom. The molecule has 7 heteroatoms. The minimum Gasteiger partial charge on any atom is -0.349 e. The molecule has 2 amide bonds. The summed E-state index contributed by atoms with van der Waals surface area (Å²) in [6, 6.07) is 0. The smallest absolute Gasteiger partial charge is 0.270 e. The predicted octanol–water partition coefficient (Wildman–Crippen LogP) is 0.960. The number of amides is 2. The van der Waals surface area contributed by atoms with Crippen molar-refractivity contribution in [2.24, 2.45) is 5.73 Å². The Morgan fingerprint density at radius 2 is 2.28 bits per heavy atom. The maximum atomic E-state index is 11.5. The van der Waals surface area contributed by atoms with Gasteiger partial charge in [0.15, 0.2) is 5.13 Å². The van der Waals surface area contributed by atoms with Crippen LogP contribution in [0.3, 0.4) is 0 Å². The van der Waals surface area contributed by atoms with Gasteiger partial charge in [-0.25, -0.2) is 4.98 Å². The molecular weight excluding hydrogens is 252 g/mol. The third-order valence-electron chi connectivity index (χ3n) is 2.17. The summed E-state index contributed by atoms with van der Waals surface area (Å²) in [5.41, 5.74) is 5.59. The minimum atomic E-state index is -0.272. The highest BCUT2D eigenvalue weighted by molar-refractivity contribution is 7.14. The average molecular weight is 270 g/mol. The lowest BCUT2D eigenvalue weighted by molar-refractivity contribution is -0.116. The van der Waals surface area contributed by atoms with Crippen LogP contribution in [0.2, 0.25) is 0 Å². The molecule has 4 N–H and O–H groups in total. The van der Waals surface area contributed by atoms with Crippen LogP contribution in [-0.4, -0.2) is 29.9 Å². The van der Waals surface area contributed by atoms with E-state index in [2.05, 4.69) is 15.6 Å². The van der Waals surface area contributed by atoms with E-state index in [4.69, 9.17) is 5.73 Å². The molecule has 0 aliphatic carbocycles. The number of rotatable bonds is 7. The fourth-order valence-electron chi connectivity index (χ4n) is 1.23. The number of nitrogens with two attached hydrogens (primary N) is 1. The first-order valence-electron chi connectivity index (χ1n) is 5.91. The van der Waals surface area contributed by atoms with E-state index in [1.165, 1.54) is 11.3 Å². The second kappa shape index (κ2) is 7.78. The van der Waals surface area contributed by atoms with Crippen LogP contribution in [0.1, 0.15) is 36.7 Å². The maximum Gasteiger partial charge on any atom is 0.270 e. The van der Waals surface area contributed by atoms with Gasteiger partial charge in [0.25, 0.3) is 5.91 Å². The van der Waals surface area contributed by atoms with Gasteiger partial charge in [0.2, 0.25) is 5.91 Å². The lowest BCUT2D eigenvalue weighted by Gasteiger charge is -2.00. The number of thiazole rings is 1. The number of anilines is 1. The summed E-state index contributed by atoms with van der Waals surface area (Å²) in [6.45, 7) is 2.82. The Labute approximate surface area is 110 Å². The molecule has 0 aromatic carbocycles. The second-order valence-corrected chi connectivity index (χ2v) is 4.59. The standard InChI is InChI=1S/C11H18N4O2S/c1-2-3-4-9(16)15-11-14-8(7-18-11)10(17)13-6-5-12/h7H,2-6,12H2,1H3,(H,13,17)(H,14,15,16). The summed E-state index contributed by atoms with van der Waals surface area (Å²) < 4.78 is 0. The van der Waals surface area contributed by atoms with Gasteiger partial charge < -0.3 is 16.4 Å². The highest BCUT2D eigenvalue weighted by Crippen LogP contribution is 2.15. The van der Waals surface area contributed by atoms with E-state index in [9.17, 15) is 9.59 Å². The Kier molecular flexibility index (Phi) is 6.31. The molecule has 0 saturated carbocycles. The Hall–Kier alpha value is -1.47. The molecule has 18 heavy (non-hydrogen) atoms. The van der Waals surface area contributed by atoms with Gasteiger partial charge in [-0.3, -0.25) is 9.59 Å². The van der Waals surface area contributed by atoms with Crippen LogP contribution in [0.25, 0.3) is 0 Å². The van der Waals surface area contributed by atoms with Crippen molar-refractivity contribution in [2.75, 3.05) is 18.4 Å². The quantitative estimate of drug-likeness (QED) is 0.687. The molecular formula is C11H18N4O2S. The SMILES string of the molecule is CCCCC(=O)Nc1nc(C(=O)NCCN)cs1. The lowest BCUT2D eigenvalue weighted by Crippen LogP contribution is -2.29. The molecule has 1 rings (SSSR count). The Bertz CT molecular complexity index is 406. The van der Waals surface area contributed by atoms with Gasteiger partial charge in [0.1, 0.15) is 5.69 Å². The summed E-state index contributed by atoms with van der Waals surface area (Å²) in [5, 5.41) is 7.35. The van der Waals surface area contributed by atoms with Crippen LogP contribution < -0.4 is 16.4 Å². The molecule has 0 atom stereocenters. The first kappa shape index (κ1) is 14.6. The number of hydrogen-bond donors (Lipinski definition) is 3. The van der Waals surface area contributed by atoms with Gasteiger partial charge in [-0.2, -0.15) is 0 Å². The van der Waals surface area contributed by atoms with E-state index in [1.807, 2.05) is 6.92 Å². The van der Waals surface area contributed by atoms with E-state index in [0.29, 0.717) is 30.3 Å². The lowest BCUT2D eigenvalue weighted by atomic mass is 10.2. The molecule has 0 bridgehead atoms. The molecule has 6 nitrogen and oxygen atoms in total. The number of carbonyl (C=O) groups is 2. The fraction of sp³-hybridized carbons (Fsp3) is 0.545. The molecule has 1 aromatic rings. The summed E-state index contributed by atoms with van der Waals surface area (Å²) in [7, 11) is 0. The molecule has 1 heterocycles. The second-order valence-electron chi connectivity index (χ2n) is 3.73. The number of carbonyl (C=O) groups excluding carboxylic acids is 2. The van der Waals surface area contributed by atoms with Crippen molar-refractivity contribution in [1.29, 1.82) is 0 Å². The first-order valence-corrected chi connectivity index (χ1v) is 6.79. The molecule has 100 valence electrons. The van der Waals surface area contributed by atoms with Crippen LogP contribution in [0.4, 0.5) is 5.13 Å². The predicted molar refractivity (Wildman–Crippen MR) is 71.7 cm³/mol. The Morgan fingerprint density at radius 1 is 1.50 bits per heavy atom. The van der Waals surface area contributed by atoms with Gasteiger partial charge in [-0.1, -0.05) is 13.3 Å². The molecule has 0 aliphatic rings. The number of hydrogen-bond acceptors (Lipinski definition) is 5. The summed E-state index contributed by atoms with van der Waals surface area (Å²) in [5.74, 6) is -0.342. The summed E-state index contributed by atoms with van der Waals surface area (Å²) >= 11 is 1.24. The highest BCUT2D eigenvalue weighted by atomic mass is 32.1. The molecule has 0 saturated heterocycles. The monoisotopic (exact) mass is 270 g/mol. The maximum absolute atomic E-state index is 11.5. The van der Waals surface area contributed by atoms with Crippen LogP contribution in [0, 0.1) is 0 Å². The summed E-state index contributed by atoms with van der Waals surface area (Å²) in [4.78, 5) is 27.0. The minimum absolute atomic E-state index is 0.0693. The molecule has 0 fully saturated rings. The van der Waals surface area contributed by atoms with Crippen LogP contribution in [0.15, 0.2) is 5.38 Å². The molecule has 0 radical (unpaired) electrons. The van der Waals surface area contributed by atoms with E-state index >= 15 is 0 Å². The van der Waals surface area contributed by atoms with Crippen molar-refractivity contribution in [3.63, 3.8) is 0 Å². The van der Waals surface area contributed by atoms with Crippen LogP contribution >= 0.6 is 11.3 Å². The number of aromatic nitrogens is 1. The highest BCUT2D eigenvalue weighted by Gasteiger charge is 2.11. The zero-order valence-corrected chi connectivity index (χ0v) is 11.2. The van der Waals surface area contributed by atoms with Gasteiger partial charge in [-0.05, 0) is 6.42 Å². The Balaban J connectivity index is 2.47. The van der Waals surface area contributed by atoms with Crippen molar-refractivity contribution in [3.8, 4) is 0 Å². The van der Waals surface area contributed by atoms with E-state index < -0.39 is 0 Å². The normalized spacial score (nSPS) is 10.1. The number of nitrogens with zero attached hydrogens (tertiary/aromatic N) is 1. The zero-order chi connectivity index (χ0) is 13.4. The van der Waals surface area contributed by atoms with Gasteiger partial charge >= 0.3 is 0 Å². The topological polar surface area (TPSA) is 97.1 Å². The largest absolute Gasteiger partial charge is 0.349 e. The molecule has 0 unspecified atom stereocenters. The fourth-order valence-corrected chi connectivity index (χ4v) is 1.94. The molecule has 0 aliphatic heterocycles. The molecule has 0 spiro atoms. The molecule has 1 aromatic heterocycles. The summed E-state index contributed by atoms with van der Waals surface area (Å²) in [6.07, 6.45) is 2.30. The first-order chi connectivity index (χ1) is 8.67. The average Bonchev–Trinajstić information content (AvgIpc) is 2.82. The van der Waals surface area contributed by atoms with Crippen LogP contribution in [0.5, 0.6) is 0 Å². The van der Waals surface area contributed by atoms with Crippen molar-refractivity contribution in [3.05, 3.63) is 11.1 Å². The van der Waals surface area contributed by atoms with Gasteiger partial charge in [0, 0.05) is 24.9 Å². The van der Waals surface area contributed by atoms with Crippen molar-refractivity contribution in [2.45, 2.75) is 26.2 Å².